The Morgan fingerprint density at radius 3 is 2.07 bits per heavy atom. The number of fused-ring (bicyclic) bond motifs is 3. The molecule has 1 aliphatic carbocycles. The summed E-state index contributed by atoms with van der Waals surface area (Å²) in [6.07, 6.45) is -0.450. The summed E-state index contributed by atoms with van der Waals surface area (Å²) in [5.41, 5.74) is 4.00. The van der Waals surface area contributed by atoms with Crippen molar-refractivity contribution in [1.29, 1.82) is 0 Å². The third kappa shape index (κ3) is 9.44. The second-order valence-corrected chi connectivity index (χ2v) is 11.5. The molecule has 3 amide bonds. The number of rotatable bonds is 14. The first-order valence-electron chi connectivity index (χ1n) is 12.8. The van der Waals surface area contributed by atoms with Gasteiger partial charge in [0, 0.05) is 24.0 Å². The van der Waals surface area contributed by atoms with Crippen molar-refractivity contribution in [1.82, 2.24) is 16.0 Å². The zero-order valence-electron chi connectivity index (χ0n) is 22.6. The largest absolute Gasteiger partial charge is 0.481 e. The fraction of sp³-hybridized carbons (Fsp3) is 0.321. The molecule has 13 nitrogen and oxygen atoms in total. The van der Waals surface area contributed by atoms with E-state index < -0.39 is 71.2 Å². The van der Waals surface area contributed by atoms with Crippen LogP contribution in [0.15, 0.2) is 60.0 Å². The maximum Gasteiger partial charge on any atom is 0.407 e. The van der Waals surface area contributed by atoms with Crippen LogP contribution >= 0.6 is 0 Å². The minimum Gasteiger partial charge on any atom is -0.481 e. The van der Waals surface area contributed by atoms with Crippen LogP contribution in [0.5, 0.6) is 0 Å². The van der Waals surface area contributed by atoms with E-state index in [4.69, 9.17) is 14.9 Å². The van der Waals surface area contributed by atoms with Gasteiger partial charge in [-0.25, -0.2) is 13.2 Å². The van der Waals surface area contributed by atoms with Crippen molar-refractivity contribution in [3.05, 3.63) is 71.1 Å². The molecule has 0 saturated carbocycles. The van der Waals surface area contributed by atoms with Crippen molar-refractivity contribution in [3.63, 3.8) is 0 Å². The maximum atomic E-state index is 12.8. The highest BCUT2D eigenvalue weighted by Gasteiger charge is 2.30. The summed E-state index contributed by atoms with van der Waals surface area (Å²) in [5.74, 6) is -4.47. The molecule has 224 valence electrons. The zero-order chi connectivity index (χ0) is 30.9. The number of amides is 3. The van der Waals surface area contributed by atoms with Crippen LogP contribution < -0.4 is 16.0 Å². The van der Waals surface area contributed by atoms with Crippen LogP contribution in [0.4, 0.5) is 4.79 Å². The van der Waals surface area contributed by atoms with Crippen molar-refractivity contribution in [3.8, 4) is 11.1 Å². The molecule has 0 fully saturated rings. The average molecular weight is 602 g/mol. The van der Waals surface area contributed by atoms with Gasteiger partial charge in [-0.3, -0.25) is 19.2 Å². The number of hydrogen-bond donors (Lipinski definition) is 5. The number of hydrogen-bond acceptors (Lipinski definition) is 8. The quantitative estimate of drug-likeness (QED) is 0.210. The van der Waals surface area contributed by atoms with Gasteiger partial charge in [0.15, 0.2) is 9.84 Å². The smallest absolute Gasteiger partial charge is 0.407 e. The number of ether oxygens (including phenoxy) is 1. The van der Waals surface area contributed by atoms with Gasteiger partial charge in [0.2, 0.25) is 11.8 Å². The van der Waals surface area contributed by atoms with Gasteiger partial charge in [-0.05, 0) is 28.7 Å². The fourth-order valence-electron chi connectivity index (χ4n) is 4.46. The summed E-state index contributed by atoms with van der Waals surface area (Å²) < 4.78 is 28.1. The molecule has 1 aliphatic rings. The molecule has 0 unspecified atom stereocenters. The Labute approximate surface area is 241 Å². The number of carboxylic acid groups (broad SMARTS) is 2. The lowest BCUT2D eigenvalue weighted by atomic mass is 9.98. The second-order valence-electron chi connectivity index (χ2n) is 9.60. The van der Waals surface area contributed by atoms with Crippen molar-refractivity contribution in [2.45, 2.75) is 37.3 Å². The van der Waals surface area contributed by atoms with Crippen molar-refractivity contribution in [2.24, 2.45) is 0 Å². The Kier molecular flexibility index (Phi) is 10.8. The Morgan fingerprint density at radius 1 is 0.929 bits per heavy atom. The summed E-state index contributed by atoms with van der Waals surface area (Å²) in [4.78, 5) is 59.9. The number of alkyl carbamates (subject to hydrolysis) is 1. The van der Waals surface area contributed by atoms with Gasteiger partial charge in [-0.15, -0.1) is 0 Å². The van der Waals surface area contributed by atoms with E-state index in [1.54, 1.807) is 0 Å². The highest BCUT2D eigenvalue weighted by Crippen LogP contribution is 2.44. The molecule has 2 atom stereocenters. The molecule has 42 heavy (non-hydrogen) atoms. The molecule has 0 bridgehead atoms. The summed E-state index contributed by atoms with van der Waals surface area (Å²) >= 11 is 0. The van der Waals surface area contributed by atoms with Gasteiger partial charge >= 0.3 is 18.0 Å². The molecular weight excluding hydrogens is 570 g/mol. The third-order valence-electron chi connectivity index (χ3n) is 6.32. The number of benzene rings is 2. The summed E-state index contributed by atoms with van der Waals surface area (Å²) in [6.45, 7) is -0.695. The van der Waals surface area contributed by atoms with E-state index in [9.17, 15) is 32.4 Å². The Balaban J connectivity index is 1.60. The average Bonchev–Trinajstić information content (AvgIpc) is 3.24. The number of sulfone groups is 1. The standard InChI is InChI=1S/C28H31N3O10S/c1-42(39,40)13-12-17(14-26(35)36)30-24(32)15-29-27(37)23(10-11-25(33)34)31-28(38)41-16-22-20-8-4-2-6-18(20)19-7-3-5-9-21(19)22/h2-9,12-13,17,22-23H,10-11,14-16H2,1H3,(H,29,37)(H,30,32)(H,31,38)(H,33,34)(H,35,36)/b13-12+/t17-,23+/m1/s1. The Hall–Kier alpha value is -4.72. The normalized spacial score (nSPS) is 13.8. The van der Waals surface area contributed by atoms with Crippen molar-refractivity contribution in [2.75, 3.05) is 19.4 Å². The number of nitrogens with one attached hydrogen (secondary N) is 3. The number of carboxylic acids is 2. The predicted octanol–water partition coefficient (Wildman–Crippen LogP) is 1.39. The first-order valence-corrected chi connectivity index (χ1v) is 14.8. The van der Waals surface area contributed by atoms with Crippen LogP contribution in [-0.4, -0.2) is 80.0 Å². The van der Waals surface area contributed by atoms with Gasteiger partial charge in [-0.1, -0.05) is 54.6 Å². The van der Waals surface area contributed by atoms with Gasteiger partial charge in [0.25, 0.3) is 0 Å². The molecule has 0 spiro atoms. The lowest BCUT2D eigenvalue weighted by Gasteiger charge is -2.20. The monoisotopic (exact) mass is 601 g/mol. The SMILES string of the molecule is CS(=O)(=O)/C=C/[C@H](CC(=O)O)NC(=O)CNC(=O)[C@H](CCC(=O)O)NC(=O)OCC1c2ccccc2-c2ccccc21. The molecule has 0 saturated heterocycles. The van der Waals surface area contributed by atoms with E-state index in [1.807, 2.05) is 48.5 Å². The van der Waals surface area contributed by atoms with Gasteiger partial charge in [-0.2, -0.15) is 0 Å². The lowest BCUT2D eigenvalue weighted by molar-refractivity contribution is -0.138. The molecule has 14 heteroatoms. The molecule has 2 aromatic carbocycles. The maximum absolute atomic E-state index is 12.8. The van der Waals surface area contributed by atoms with Crippen LogP contribution in [0, 0.1) is 0 Å². The van der Waals surface area contributed by atoms with E-state index in [0.29, 0.717) is 0 Å². The van der Waals surface area contributed by atoms with Crippen LogP contribution in [0.3, 0.4) is 0 Å². The second kappa shape index (κ2) is 14.3. The fourth-order valence-corrected chi connectivity index (χ4v) is 4.94. The summed E-state index contributed by atoms with van der Waals surface area (Å²) in [5, 5.41) is 25.7. The summed E-state index contributed by atoms with van der Waals surface area (Å²) in [7, 11) is -3.59. The minimum absolute atomic E-state index is 0.0402. The molecule has 0 heterocycles. The first kappa shape index (κ1) is 31.8. The van der Waals surface area contributed by atoms with Crippen LogP contribution in [0.2, 0.25) is 0 Å². The number of aliphatic carboxylic acids is 2. The molecule has 0 radical (unpaired) electrons. The van der Waals surface area contributed by atoms with E-state index in [-0.39, 0.29) is 18.9 Å². The highest BCUT2D eigenvalue weighted by molar-refractivity contribution is 7.93. The molecular formula is C28H31N3O10S. The van der Waals surface area contributed by atoms with E-state index in [1.165, 1.54) is 0 Å². The van der Waals surface area contributed by atoms with E-state index >= 15 is 0 Å². The first-order chi connectivity index (χ1) is 19.8. The topological polar surface area (TPSA) is 205 Å². The predicted molar refractivity (Wildman–Crippen MR) is 150 cm³/mol. The Bertz CT molecular complexity index is 1440. The summed E-state index contributed by atoms with van der Waals surface area (Å²) in [6, 6.07) is 12.9. The minimum atomic E-state index is -3.59. The van der Waals surface area contributed by atoms with Crippen molar-refractivity contribution >= 4 is 39.7 Å². The molecule has 0 aliphatic heterocycles. The molecule has 0 aromatic heterocycles. The number of carbonyl (C=O) groups is 5. The third-order valence-corrected chi connectivity index (χ3v) is 6.97. The molecule has 3 rings (SSSR count). The Morgan fingerprint density at radius 2 is 1.52 bits per heavy atom. The van der Waals surface area contributed by atoms with E-state index in [2.05, 4.69) is 16.0 Å². The van der Waals surface area contributed by atoms with Crippen LogP contribution in [0.25, 0.3) is 11.1 Å². The van der Waals surface area contributed by atoms with Gasteiger partial charge < -0.3 is 30.9 Å². The lowest BCUT2D eigenvalue weighted by Crippen LogP contribution is -2.50. The number of carbonyl (C=O) groups excluding carboxylic acids is 3. The van der Waals surface area contributed by atoms with Gasteiger partial charge in [0.1, 0.15) is 12.6 Å². The molecule has 5 N–H and O–H groups in total. The van der Waals surface area contributed by atoms with Gasteiger partial charge in [0.05, 0.1) is 19.0 Å². The zero-order valence-corrected chi connectivity index (χ0v) is 23.4. The molecule has 2 aromatic rings. The van der Waals surface area contributed by atoms with Crippen LogP contribution in [-0.2, 0) is 33.8 Å². The van der Waals surface area contributed by atoms with Crippen LogP contribution in [0.1, 0.15) is 36.3 Å². The van der Waals surface area contributed by atoms with Crippen molar-refractivity contribution < 1.29 is 47.3 Å². The highest BCUT2D eigenvalue weighted by atomic mass is 32.2. The van der Waals surface area contributed by atoms with E-state index in [0.717, 1.165) is 40.0 Å².